The van der Waals surface area contributed by atoms with Gasteiger partial charge < -0.3 is 24.6 Å². The Kier molecular flexibility index (Phi) is 7.64. The summed E-state index contributed by atoms with van der Waals surface area (Å²) in [6.07, 6.45) is 1.91. The van der Waals surface area contributed by atoms with Gasteiger partial charge >= 0.3 is 0 Å². The highest BCUT2D eigenvalue weighted by Crippen LogP contribution is 2.19. The molecule has 0 unspecified atom stereocenters. The minimum atomic E-state index is -0.264. The van der Waals surface area contributed by atoms with E-state index in [1.165, 1.54) is 0 Å². The van der Waals surface area contributed by atoms with Crippen molar-refractivity contribution in [1.82, 2.24) is 10.5 Å². The van der Waals surface area contributed by atoms with Crippen LogP contribution in [0.2, 0.25) is 0 Å². The van der Waals surface area contributed by atoms with E-state index in [9.17, 15) is 9.59 Å². The highest BCUT2D eigenvalue weighted by molar-refractivity contribution is 6.04. The van der Waals surface area contributed by atoms with Crippen LogP contribution in [0.15, 0.2) is 59.1 Å². The Morgan fingerprint density at radius 1 is 1.00 bits per heavy atom. The van der Waals surface area contributed by atoms with Crippen LogP contribution in [0.25, 0.3) is 0 Å². The van der Waals surface area contributed by atoms with Crippen LogP contribution in [-0.4, -0.2) is 30.6 Å². The number of ether oxygens (including phenoxy) is 2. The number of rotatable bonds is 10. The van der Waals surface area contributed by atoms with E-state index >= 15 is 0 Å². The van der Waals surface area contributed by atoms with Crippen molar-refractivity contribution in [2.45, 2.75) is 26.4 Å². The number of aromatic nitrogens is 1. The Bertz CT molecular complexity index is 997. The second kappa shape index (κ2) is 10.8. The van der Waals surface area contributed by atoms with Crippen molar-refractivity contribution >= 4 is 17.5 Å². The number of hydrogen-bond donors (Lipinski definition) is 2. The molecule has 31 heavy (non-hydrogen) atoms. The molecule has 0 fully saturated rings. The molecule has 8 heteroatoms. The second-order valence-corrected chi connectivity index (χ2v) is 6.78. The van der Waals surface area contributed by atoms with Crippen LogP contribution in [0.1, 0.15) is 46.4 Å². The largest absolute Gasteiger partial charge is 0.497 e. The minimum Gasteiger partial charge on any atom is -0.497 e. The lowest BCUT2D eigenvalue weighted by atomic mass is 10.2. The van der Waals surface area contributed by atoms with Crippen LogP contribution in [0.4, 0.5) is 5.69 Å². The van der Waals surface area contributed by atoms with E-state index < -0.39 is 0 Å². The summed E-state index contributed by atoms with van der Waals surface area (Å²) in [6.45, 7) is 2.79. The maximum Gasteiger partial charge on any atom is 0.273 e. The molecule has 2 amide bonds. The number of nitrogens with one attached hydrogen (secondary N) is 2. The van der Waals surface area contributed by atoms with E-state index in [0.29, 0.717) is 35.1 Å². The number of carbonyl (C=O) groups is 2. The smallest absolute Gasteiger partial charge is 0.273 e. The molecular weight excluding hydrogens is 398 g/mol. The first-order chi connectivity index (χ1) is 15.1. The summed E-state index contributed by atoms with van der Waals surface area (Å²) in [6, 6.07) is 15.4. The van der Waals surface area contributed by atoms with Gasteiger partial charge in [0.25, 0.3) is 11.8 Å². The molecule has 0 saturated carbocycles. The first-order valence-corrected chi connectivity index (χ1v) is 10.0. The lowest BCUT2D eigenvalue weighted by Gasteiger charge is -2.08. The molecule has 1 aromatic heterocycles. The van der Waals surface area contributed by atoms with Gasteiger partial charge in [0, 0.05) is 23.9 Å². The molecule has 0 saturated heterocycles. The Hall–Kier alpha value is -3.81. The summed E-state index contributed by atoms with van der Waals surface area (Å²) in [5.74, 6) is 1.24. The first kappa shape index (κ1) is 21.9. The van der Waals surface area contributed by atoms with Gasteiger partial charge in [-0.3, -0.25) is 9.59 Å². The third-order valence-electron chi connectivity index (χ3n) is 4.45. The quantitative estimate of drug-likeness (QED) is 0.477. The monoisotopic (exact) mass is 423 g/mol. The number of benzene rings is 2. The van der Waals surface area contributed by atoms with Crippen molar-refractivity contribution in [3.05, 3.63) is 71.6 Å². The zero-order valence-electron chi connectivity index (χ0n) is 17.5. The number of amides is 2. The number of carbonyl (C=O) groups excluding carboxylic acids is 2. The average Bonchev–Trinajstić information content (AvgIpc) is 3.28. The number of nitrogens with zero attached hydrogens (tertiary/aromatic N) is 1. The zero-order chi connectivity index (χ0) is 22.1. The van der Waals surface area contributed by atoms with E-state index in [0.717, 1.165) is 12.8 Å². The molecule has 8 nitrogen and oxygen atoms in total. The van der Waals surface area contributed by atoms with Gasteiger partial charge in [0.1, 0.15) is 18.1 Å². The topological polar surface area (TPSA) is 103 Å². The Balaban J connectivity index is 1.49. The van der Waals surface area contributed by atoms with Crippen LogP contribution in [0.3, 0.4) is 0 Å². The molecule has 3 aromatic rings. The van der Waals surface area contributed by atoms with Gasteiger partial charge in [0.2, 0.25) is 0 Å². The Morgan fingerprint density at radius 3 is 2.39 bits per heavy atom. The van der Waals surface area contributed by atoms with Gasteiger partial charge in [0.05, 0.1) is 7.11 Å². The molecular formula is C23H25N3O5. The molecule has 0 radical (unpaired) electrons. The predicted molar refractivity (Wildman–Crippen MR) is 115 cm³/mol. The summed E-state index contributed by atoms with van der Waals surface area (Å²) >= 11 is 0. The van der Waals surface area contributed by atoms with Crippen molar-refractivity contribution in [3.8, 4) is 11.5 Å². The van der Waals surface area contributed by atoms with Crippen molar-refractivity contribution in [1.29, 1.82) is 0 Å². The van der Waals surface area contributed by atoms with Crippen molar-refractivity contribution < 1.29 is 23.6 Å². The van der Waals surface area contributed by atoms with Crippen molar-refractivity contribution in [2.24, 2.45) is 0 Å². The third kappa shape index (κ3) is 6.33. The lowest BCUT2D eigenvalue weighted by molar-refractivity contribution is 0.0943. The first-order valence-electron chi connectivity index (χ1n) is 10.0. The minimum absolute atomic E-state index is 0.132. The van der Waals surface area contributed by atoms with Crippen LogP contribution in [0, 0.1) is 0 Å². The fraction of sp³-hybridized carbons (Fsp3) is 0.261. The second-order valence-electron chi connectivity index (χ2n) is 6.78. The van der Waals surface area contributed by atoms with E-state index in [2.05, 4.69) is 22.7 Å². The van der Waals surface area contributed by atoms with E-state index in [1.807, 2.05) is 0 Å². The summed E-state index contributed by atoms with van der Waals surface area (Å²) in [5.41, 5.74) is 1.39. The molecule has 0 aliphatic heterocycles. The normalized spacial score (nSPS) is 10.4. The predicted octanol–water partition coefficient (Wildman–Crippen LogP) is 4.04. The van der Waals surface area contributed by atoms with Gasteiger partial charge in [-0.05, 0) is 55.0 Å². The van der Waals surface area contributed by atoms with Gasteiger partial charge in [-0.2, -0.15) is 0 Å². The van der Waals surface area contributed by atoms with Gasteiger partial charge in [-0.25, -0.2) is 0 Å². The van der Waals surface area contributed by atoms with E-state index in [1.54, 1.807) is 61.7 Å². The summed E-state index contributed by atoms with van der Waals surface area (Å²) in [5, 5.41) is 9.38. The summed E-state index contributed by atoms with van der Waals surface area (Å²) in [7, 11) is 1.57. The van der Waals surface area contributed by atoms with E-state index in [-0.39, 0.29) is 24.1 Å². The zero-order valence-corrected chi connectivity index (χ0v) is 17.5. The molecule has 0 spiro atoms. The van der Waals surface area contributed by atoms with Crippen molar-refractivity contribution in [3.63, 3.8) is 0 Å². The number of methoxy groups -OCH3 is 1. The Labute approximate surface area is 180 Å². The van der Waals surface area contributed by atoms with Crippen LogP contribution in [-0.2, 0) is 6.61 Å². The van der Waals surface area contributed by atoms with Gasteiger partial charge in [-0.1, -0.05) is 18.5 Å². The number of hydrogen-bond acceptors (Lipinski definition) is 6. The standard InChI is InChI=1S/C23H25N3O5/c1-3-4-13-24-23(28)21-14-20(31-26-21)15-30-19-11-7-17(8-12-19)25-22(27)16-5-9-18(29-2)10-6-16/h5-12,14H,3-4,13,15H2,1-2H3,(H,24,28)(H,25,27). The van der Waals surface area contributed by atoms with Crippen molar-refractivity contribution in [2.75, 3.05) is 19.0 Å². The number of anilines is 1. The highest BCUT2D eigenvalue weighted by Gasteiger charge is 2.12. The molecule has 0 atom stereocenters. The maximum absolute atomic E-state index is 12.3. The van der Waals surface area contributed by atoms with Gasteiger partial charge in [-0.15, -0.1) is 0 Å². The molecule has 0 bridgehead atoms. The maximum atomic E-state index is 12.3. The molecule has 2 aromatic carbocycles. The Morgan fingerprint density at radius 2 is 1.71 bits per heavy atom. The SMILES string of the molecule is CCCCNC(=O)c1cc(COc2ccc(NC(=O)c3ccc(OC)cc3)cc2)on1. The molecule has 2 N–H and O–H groups in total. The fourth-order valence-electron chi connectivity index (χ4n) is 2.69. The summed E-state index contributed by atoms with van der Waals surface area (Å²) in [4.78, 5) is 24.3. The third-order valence-corrected chi connectivity index (χ3v) is 4.45. The van der Waals surface area contributed by atoms with Crippen LogP contribution in [0.5, 0.6) is 11.5 Å². The average molecular weight is 423 g/mol. The molecule has 162 valence electrons. The molecule has 3 rings (SSSR count). The van der Waals surface area contributed by atoms with E-state index in [4.69, 9.17) is 14.0 Å². The molecule has 0 aliphatic carbocycles. The fourth-order valence-corrected chi connectivity index (χ4v) is 2.69. The highest BCUT2D eigenvalue weighted by atomic mass is 16.5. The van der Waals surface area contributed by atoms with Crippen LogP contribution < -0.4 is 20.1 Å². The lowest BCUT2D eigenvalue weighted by Crippen LogP contribution is -2.24. The number of unbranched alkanes of at least 4 members (excludes halogenated alkanes) is 1. The van der Waals surface area contributed by atoms with Gasteiger partial charge in [0.15, 0.2) is 11.5 Å². The molecule has 1 heterocycles. The molecule has 0 aliphatic rings. The summed E-state index contributed by atoms with van der Waals surface area (Å²) < 4.78 is 15.9. The van der Waals surface area contributed by atoms with Crippen LogP contribution >= 0.6 is 0 Å².